The van der Waals surface area contributed by atoms with Gasteiger partial charge < -0.3 is 14.8 Å². The molecule has 0 aliphatic carbocycles. The molecule has 0 heterocycles. The van der Waals surface area contributed by atoms with Gasteiger partial charge in [-0.3, -0.25) is 4.79 Å². The van der Waals surface area contributed by atoms with Gasteiger partial charge in [-0.15, -0.1) is 0 Å². The van der Waals surface area contributed by atoms with Crippen LogP contribution in [0.25, 0.3) is 0 Å². The standard InChI is InChI=1S/C20H21ClN2O3/c1-25-18-13-16(14-23-19(24)9-10-22)12-17(21)20(18)26-11-5-8-15-6-3-2-4-7-15/h2-4,6-7,12-13H,5,8-9,11,14H2,1H3,(H,23,24). The van der Waals surface area contributed by atoms with E-state index in [-0.39, 0.29) is 18.9 Å². The molecule has 6 heteroatoms. The molecular formula is C20H21ClN2O3. The molecule has 1 N–H and O–H groups in total. The number of hydrogen-bond acceptors (Lipinski definition) is 4. The van der Waals surface area contributed by atoms with Gasteiger partial charge in [0.1, 0.15) is 6.42 Å². The molecule has 0 atom stereocenters. The average molecular weight is 373 g/mol. The molecule has 0 unspecified atom stereocenters. The number of nitrogens with zero attached hydrogens (tertiary/aromatic N) is 1. The summed E-state index contributed by atoms with van der Waals surface area (Å²) in [5, 5.41) is 11.6. The molecule has 26 heavy (non-hydrogen) atoms. The average Bonchev–Trinajstić information content (AvgIpc) is 2.65. The first-order valence-electron chi connectivity index (χ1n) is 8.31. The normalized spacial score (nSPS) is 10.0. The zero-order valence-electron chi connectivity index (χ0n) is 14.6. The predicted octanol–water partition coefficient (Wildman–Crippen LogP) is 3.89. The topological polar surface area (TPSA) is 71.3 Å². The minimum absolute atomic E-state index is 0.173. The number of carbonyl (C=O) groups excluding carboxylic acids is 1. The van der Waals surface area contributed by atoms with Crippen LogP contribution in [0.5, 0.6) is 11.5 Å². The summed E-state index contributed by atoms with van der Waals surface area (Å²) in [7, 11) is 1.54. The summed E-state index contributed by atoms with van der Waals surface area (Å²) in [6, 6.07) is 15.5. The number of carbonyl (C=O) groups is 1. The van der Waals surface area contributed by atoms with Gasteiger partial charge in [0, 0.05) is 6.54 Å². The second-order valence-electron chi connectivity index (χ2n) is 5.66. The number of methoxy groups -OCH3 is 1. The van der Waals surface area contributed by atoms with Gasteiger partial charge in [0.2, 0.25) is 5.91 Å². The van der Waals surface area contributed by atoms with Crippen LogP contribution in [0.2, 0.25) is 5.02 Å². The third-order valence-corrected chi connectivity index (χ3v) is 4.00. The molecule has 0 radical (unpaired) electrons. The van der Waals surface area contributed by atoms with Gasteiger partial charge in [0.05, 0.1) is 24.8 Å². The molecule has 0 spiro atoms. The number of ether oxygens (including phenoxy) is 2. The van der Waals surface area contributed by atoms with Crippen molar-refractivity contribution in [3.8, 4) is 17.6 Å². The molecule has 0 aliphatic rings. The monoisotopic (exact) mass is 372 g/mol. The molecule has 0 aromatic heterocycles. The van der Waals surface area contributed by atoms with Crippen molar-refractivity contribution in [2.75, 3.05) is 13.7 Å². The number of nitrogens with one attached hydrogen (secondary N) is 1. The van der Waals surface area contributed by atoms with Gasteiger partial charge in [-0.1, -0.05) is 41.9 Å². The van der Waals surface area contributed by atoms with Gasteiger partial charge in [-0.05, 0) is 36.1 Å². The van der Waals surface area contributed by atoms with Crippen molar-refractivity contribution in [2.45, 2.75) is 25.8 Å². The maximum absolute atomic E-state index is 11.4. The van der Waals surface area contributed by atoms with E-state index in [1.165, 1.54) is 5.56 Å². The van der Waals surface area contributed by atoms with Crippen LogP contribution in [0, 0.1) is 11.3 Å². The lowest BCUT2D eigenvalue weighted by Crippen LogP contribution is -2.21. The molecule has 0 fully saturated rings. The summed E-state index contributed by atoms with van der Waals surface area (Å²) in [5.41, 5.74) is 2.03. The molecule has 2 rings (SSSR count). The third kappa shape index (κ3) is 5.98. The highest BCUT2D eigenvalue weighted by Crippen LogP contribution is 2.36. The predicted molar refractivity (Wildman–Crippen MR) is 100 cm³/mol. The number of amides is 1. The summed E-state index contributed by atoms with van der Waals surface area (Å²) < 4.78 is 11.2. The van der Waals surface area contributed by atoms with Gasteiger partial charge in [-0.2, -0.15) is 5.26 Å². The fourth-order valence-electron chi connectivity index (χ4n) is 2.45. The number of aryl methyl sites for hydroxylation is 1. The fraction of sp³-hybridized carbons (Fsp3) is 0.300. The van der Waals surface area contributed by atoms with Crippen LogP contribution in [0.4, 0.5) is 0 Å². The Balaban J connectivity index is 1.93. The highest BCUT2D eigenvalue weighted by atomic mass is 35.5. The van der Waals surface area contributed by atoms with Gasteiger partial charge in [0.25, 0.3) is 0 Å². The number of halogens is 1. The molecule has 2 aromatic rings. The first-order chi connectivity index (χ1) is 12.6. The Morgan fingerprint density at radius 3 is 2.69 bits per heavy atom. The number of benzene rings is 2. The summed E-state index contributed by atoms with van der Waals surface area (Å²) in [4.78, 5) is 11.4. The van der Waals surface area contributed by atoms with Crippen molar-refractivity contribution >= 4 is 17.5 Å². The van der Waals surface area contributed by atoms with Crippen LogP contribution < -0.4 is 14.8 Å². The number of nitriles is 1. The zero-order valence-corrected chi connectivity index (χ0v) is 15.4. The lowest BCUT2D eigenvalue weighted by Gasteiger charge is -2.14. The van der Waals surface area contributed by atoms with Crippen molar-refractivity contribution in [1.29, 1.82) is 5.26 Å². The Morgan fingerprint density at radius 2 is 2.00 bits per heavy atom. The lowest BCUT2D eigenvalue weighted by molar-refractivity contribution is -0.120. The van der Waals surface area contributed by atoms with Crippen LogP contribution in [0.15, 0.2) is 42.5 Å². The molecule has 2 aromatic carbocycles. The van der Waals surface area contributed by atoms with Gasteiger partial charge in [-0.25, -0.2) is 0 Å². The minimum Gasteiger partial charge on any atom is -0.493 e. The van der Waals surface area contributed by atoms with Crippen LogP contribution in [0.3, 0.4) is 0 Å². The lowest BCUT2D eigenvalue weighted by atomic mass is 10.1. The van der Waals surface area contributed by atoms with Crippen molar-refractivity contribution in [3.05, 3.63) is 58.6 Å². The SMILES string of the molecule is COc1cc(CNC(=O)CC#N)cc(Cl)c1OCCCc1ccccc1. The van der Waals surface area contributed by atoms with E-state index in [0.29, 0.717) is 23.1 Å². The maximum atomic E-state index is 11.4. The van der Waals surface area contributed by atoms with E-state index < -0.39 is 0 Å². The molecule has 5 nitrogen and oxygen atoms in total. The quantitative estimate of drug-likeness (QED) is 0.678. The second-order valence-corrected chi connectivity index (χ2v) is 6.07. The van der Waals surface area contributed by atoms with Crippen LogP contribution in [-0.4, -0.2) is 19.6 Å². The molecular weight excluding hydrogens is 352 g/mol. The van der Waals surface area contributed by atoms with Crippen molar-refractivity contribution < 1.29 is 14.3 Å². The highest BCUT2D eigenvalue weighted by Gasteiger charge is 2.12. The van der Waals surface area contributed by atoms with Gasteiger partial charge in [0.15, 0.2) is 11.5 Å². The molecule has 1 amide bonds. The maximum Gasteiger partial charge on any atom is 0.234 e. The summed E-state index contributed by atoms with van der Waals surface area (Å²) in [5.74, 6) is 0.680. The van der Waals surface area contributed by atoms with E-state index >= 15 is 0 Å². The van der Waals surface area contributed by atoms with E-state index in [1.807, 2.05) is 18.2 Å². The molecule has 0 saturated heterocycles. The highest BCUT2D eigenvalue weighted by molar-refractivity contribution is 6.32. The van der Waals surface area contributed by atoms with E-state index in [9.17, 15) is 4.79 Å². The molecule has 0 saturated carbocycles. The van der Waals surface area contributed by atoms with E-state index in [2.05, 4.69) is 17.4 Å². The van der Waals surface area contributed by atoms with E-state index in [1.54, 1.807) is 25.3 Å². The Kier molecular flexibility index (Phi) is 7.78. The summed E-state index contributed by atoms with van der Waals surface area (Å²) in [6.45, 7) is 0.786. The van der Waals surface area contributed by atoms with E-state index in [0.717, 1.165) is 18.4 Å². The third-order valence-electron chi connectivity index (χ3n) is 3.72. The first kappa shape index (κ1) is 19.6. The fourth-order valence-corrected chi connectivity index (χ4v) is 2.73. The Hall–Kier alpha value is -2.71. The molecule has 136 valence electrons. The zero-order chi connectivity index (χ0) is 18.8. The summed E-state index contributed by atoms with van der Waals surface area (Å²) >= 11 is 6.32. The molecule has 0 aliphatic heterocycles. The Morgan fingerprint density at radius 1 is 1.23 bits per heavy atom. The van der Waals surface area contributed by atoms with Crippen LogP contribution in [0.1, 0.15) is 24.0 Å². The first-order valence-corrected chi connectivity index (χ1v) is 8.68. The number of hydrogen-bond donors (Lipinski definition) is 1. The Labute approximate surface area is 158 Å². The Bertz CT molecular complexity index is 773. The van der Waals surface area contributed by atoms with Crippen LogP contribution >= 0.6 is 11.6 Å². The van der Waals surface area contributed by atoms with Gasteiger partial charge >= 0.3 is 0 Å². The molecule has 0 bridgehead atoms. The van der Waals surface area contributed by atoms with E-state index in [4.69, 9.17) is 26.3 Å². The largest absolute Gasteiger partial charge is 0.493 e. The van der Waals surface area contributed by atoms with Crippen molar-refractivity contribution in [3.63, 3.8) is 0 Å². The van der Waals surface area contributed by atoms with Crippen molar-refractivity contribution in [2.24, 2.45) is 0 Å². The minimum atomic E-state index is -0.330. The number of rotatable bonds is 9. The smallest absolute Gasteiger partial charge is 0.234 e. The summed E-state index contributed by atoms with van der Waals surface area (Å²) in [6.07, 6.45) is 1.60. The second kappa shape index (κ2) is 10.3. The van der Waals surface area contributed by atoms with Crippen molar-refractivity contribution in [1.82, 2.24) is 5.32 Å². The van der Waals surface area contributed by atoms with Crippen LogP contribution in [-0.2, 0) is 17.8 Å².